The highest BCUT2D eigenvalue weighted by Crippen LogP contribution is 2.34. The molecular weight excluding hydrogens is 316 g/mol. The summed E-state index contributed by atoms with van der Waals surface area (Å²) in [5, 5.41) is 0. The minimum absolute atomic E-state index is 0.540. The van der Waals surface area contributed by atoms with E-state index in [1.807, 2.05) is 18.2 Å². The average molecular weight is 333 g/mol. The highest BCUT2D eigenvalue weighted by atomic mass is 79.9. The van der Waals surface area contributed by atoms with Crippen LogP contribution in [0.4, 0.5) is 0 Å². The molecule has 20 heavy (non-hydrogen) atoms. The van der Waals surface area contributed by atoms with Crippen LogP contribution in [0.15, 0.2) is 40.9 Å². The van der Waals surface area contributed by atoms with E-state index in [4.69, 9.17) is 9.47 Å². The first-order valence-electron chi connectivity index (χ1n) is 6.92. The molecule has 0 unspecified atom stereocenters. The van der Waals surface area contributed by atoms with E-state index in [0.717, 1.165) is 41.0 Å². The zero-order valence-corrected chi connectivity index (χ0v) is 13.1. The standard InChI is InChI=1S/C17H17BrO2/c1-2-12-5-3-4-6-16(12)20-11-14-10-15(18)9-13-7-8-19-17(13)14/h3-6,9-10H,2,7-8,11H2,1H3. The molecule has 0 atom stereocenters. The fraction of sp³-hybridized carbons (Fsp3) is 0.294. The number of fused-ring (bicyclic) bond motifs is 1. The quantitative estimate of drug-likeness (QED) is 0.819. The molecule has 2 aromatic rings. The second-order valence-corrected chi connectivity index (χ2v) is 5.82. The summed E-state index contributed by atoms with van der Waals surface area (Å²) in [5.74, 6) is 1.96. The van der Waals surface area contributed by atoms with Gasteiger partial charge in [-0.05, 0) is 35.7 Å². The van der Waals surface area contributed by atoms with Crippen LogP contribution < -0.4 is 9.47 Å². The van der Waals surface area contributed by atoms with Gasteiger partial charge in [0.25, 0.3) is 0 Å². The van der Waals surface area contributed by atoms with E-state index >= 15 is 0 Å². The van der Waals surface area contributed by atoms with Crippen molar-refractivity contribution in [3.63, 3.8) is 0 Å². The van der Waals surface area contributed by atoms with Crippen molar-refractivity contribution in [2.75, 3.05) is 6.61 Å². The van der Waals surface area contributed by atoms with Gasteiger partial charge in [-0.15, -0.1) is 0 Å². The minimum atomic E-state index is 0.540. The summed E-state index contributed by atoms with van der Waals surface area (Å²) in [4.78, 5) is 0. The van der Waals surface area contributed by atoms with E-state index in [0.29, 0.717) is 6.61 Å². The molecule has 0 spiro atoms. The van der Waals surface area contributed by atoms with Gasteiger partial charge < -0.3 is 9.47 Å². The molecule has 0 aliphatic carbocycles. The summed E-state index contributed by atoms with van der Waals surface area (Å²) in [5.41, 5.74) is 3.61. The predicted molar refractivity (Wildman–Crippen MR) is 83.5 cm³/mol. The molecule has 0 fully saturated rings. The van der Waals surface area contributed by atoms with Crippen molar-refractivity contribution in [3.05, 3.63) is 57.6 Å². The molecule has 2 aromatic carbocycles. The average Bonchev–Trinajstić information content (AvgIpc) is 2.93. The van der Waals surface area contributed by atoms with Crippen molar-refractivity contribution in [1.82, 2.24) is 0 Å². The van der Waals surface area contributed by atoms with Gasteiger partial charge in [0.2, 0.25) is 0 Å². The molecular formula is C17H17BrO2. The Kier molecular flexibility index (Phi) is 3.97. The van der Waals surface area contributed by atoms with Crippen molar-refractivity contribution in [2.24, 2.45) is 0 Å². The number of benzene rings is 2. The first-order valence-corrected chi connectivity index (χ1v) is 7.72. The lowest BCUT2D eigenvalue weighted by Crippen LogP contribution is -2.00. The molecule has 1 aliphatic heterocycles. The topological polar surface area (TPSA) is 18.5 Å². The first-order chi connectivity index (χ1) is 9.78. The lowest BCUT2D eigenvalue weighted by molar-refractivity contribution is 0.289. The van der Waals surface area contributed by atoms with Gasteiger partial charge in [0.1, 0.15) is 18.1 Å². The van der Waals surface area contributed by atoms with Crippen LogP contribution in [0, 0.1) is 0 Å². The van der Waals surface area contributed by atoms with Gasteiger partial charge >= 0.3 is 0 Å². The van der Waals surface area contributed by atoms with Gasteiger partial charge in [0.15, 0.2) is 0 Å². The van der Waals surface area contributed by atoms with Crippen LogP contribution in [0.5, 0.6) is 11.5 Å². The van der Waals surface area contributed by atoms with Crippen molar-refractivity contribution >= 4 is 15.9 Å². The molecule has 0 N–H and O–H groups in total. The van der Waals surface area contributed by atoms with Crippen LogP contribution in [0.25, 0.3) is 0 Å². The van der Waals surface area contributed by atoms with Crippen LogP contribution in [-0.2, 0) is 19.4 Å². The summed E-state index contributed by atoms with van der Waals surface area (Å²) in [6.07, 6.45) is 1.95. The second-order valence-electron chi connectivity index (χ2n) is 4.90. The molecule has 0 amide bonds. The van der Waals surface area contributed by atoms with Gasteiger partial charge in [-0.3, -0.25) is 0 Å². The fourth-order valence-electron chi connectivity index (χ4n) is 2.55. The van der Waals surface area contributed by atoms with Gasteiger partial charge in [-0.2, -0.15) is 0 Å². The molecule has 0 bridgehead atoms. The molecule has 104 valence electrons. The molecule has 0 radical (unpaired) electrons. The van der Waals surface area contributed by atoms with Gasteiger partial charge in [-0.25, -0.2) is 0 Å². The Morgan fingerprint density at radius 1 is 1.20 bits per heavy atom. The molecule has 0 aromatic heterocycles. The minimum Gasteiger partial charge on any atom is -0.493 e. The third kappa shape index (κ3) is 2.68. The van der Waals surface area contributed by atoms with E-state index in [-0.39, 0.29) is 0 Å². The summed E-state index contributed by atoms with van der Waals surface area (Å²) in [6.45, 7) is 3.45. The van der Waals surface area contributed by atoms with E-state index < -0.39 is 0 Å². The monoisotopic (exact) mass is 332 g/mol. The van der Waals surface area contributed by atoms with Gasteiger partial charge in [-0.1, -0.05) is 41.1 Å². The summed E-state index contributed by atoms with van der Waals surface area (Å²) < 4.78 is 12.8. The zero-order chi connectivity index (χ0) is 13.9. The molecule has 0 saturated carbocycles. The SMILES string of the molecule is CCc1ccccc1OCc1cc(Br)cc2c1OCC2. The van der Waals surface area contributed by atoms with Crippen molar-refractivity contribution < 1.29 is 9.47 Å². The summed E-state index contributed by atoms with van der Waals surface area (Å²) >= 11 is 3.56. The Hall–Kier alpha value is -1.48. The number of hydrogen-bond acceptors (Lipinski definition) is 2. The highest BCUT2D eigenvalue weighted by molar-refractivity contribution is 9.10. The number of rotatable bonds is 4. The lowest BCUT2D eigenvalue weighted by atomic mass is 10.1. The van der Waals surface area contributed by atoms with Crippen molar-refractivity contribution in [1.29, 1.82) is 0 Å². The summed E-state index contributed by atoms with van der Waals surface area (Å²) in [6, 6.07) is 12.4. The maximum Gasteiger partial charge on any atom is 0.129 e. The van der Waals surface area contributed by atoms with Crippen LogP contribution in [0.2, 0.25) is 0 Å². The number of ether oxygens (including phenoxy) is 2. The van der Waals surface area contributed by atoms with E-state index in [1.165, 1.54) is 11.1 Å². The number of para-hydroxylation sites is 1. The van der Waals surface area contributed by atoms with Crippen molar-refractivity contribution in [2.45, 2.75) is 26.4 Å². The predicted octanol–water partition coefficient (Wildman–Crippen LogP) is 4.53. The van der Waals surface area contributed by atoms with Gasteiger partial charge in [0, 0.05) is 16.5 Å². The lowest BCUT2D eigenvalue weighted by Gasteiger charge is -2.13. The van der Waals surface area contributed by atoms with Crippen LogP contribution >= 0.6 is 15.9 Å². The van der Waals surface area contributed by atoms with Crippen LogP contribution in [-0.4, -0.2) is 6.61 Å². The maximum absolute atomic E-state index is 5.99. The molecule has 0 saturated heterocycles. The smallest absolute Gasteiger partial charge is 0.129 e. The largest absolute Gasteiger partial charge is 0.493 e. The molecule has 1 aliphatic rings. The Morgan fingerprint density at radius 2 is 2.05 bits per heavy atom. The number of hydrogen-bond donors (Lipinski definition) is 0. The zero-order valence-electron chi connectivity index (χ0n) is 11.5. The Morgan fingerprint density at radius 3 is 2.90 bits per heavy atom. The number of aryl methyl sites for hydroxylation is 1. The van der Waals surface area contributed by atoms with Crippen molar-refractivity contribution in [3.8, 4) is 11.5 Å². The van der Waals surface area contributed by atoms with E-state index in [2.05, 4.69) is 41.1 Å². The third-order valence-corrected chi connectivity index (χ3v) is 4.02. The normalized spacial score (nSPS) is 12.9. The molecule has 1 heterocycles. The Labute approximate surface area is 127 Å². The van der Waals surface area contributed by atoms with Gasteiger partial charge in [0.05, 0.1) is 6.61 Å². The highest BCUT2D eigenvalue weighted by Gasteiger charge is 2.18. The molecule has 3 rings (SSSR count). The van der Waals surface area contributed by atoms with Crippen LogP contribution in [0.1, 0.15) is 23.6 Å². The Balaban J connectivity index is 1.82. The maximum atomic E-state index is 5.99. The molecule has 2 nitrogen and oxygen atoms in total. The fourth-order valence-corrected chi connectivity index (χ4v) is 3.10. The third-order valence-electron chi connectivity index (χ3n) is 3.56. The summed E-state index contributed by atoms with van der Waals surface area (Å²) in [7, 11) is 0. The van der Waals surface area contributed by atoms with E-state index in [1.54, 1.807) is 0 Å². The number of halogens is 1. The first kappa shape index (κ1) is 13.5. The Bertz CT molecular complexity index is 622. The van der Waals surface area contributed by atoms with Crippen LogP contribution in [0.3, 0.4) is 0 Å². The van der Waals surface area contributed by atoms with E-state index in [9.17, 15) is 0 Å². The molecule has 3 heteroatoms. The second kappa shape index (κ2) is 5.88.